The molecule has 7 heteroatoms. The Hall–Kier alpha value is 0.380. The molecule has 182 valence electrons. The quantitative estimate of drug-likeness (QED) is 0.118. The van der Waals surface area contributed by atoms with Crippen molar-refractivity contribution in [2.24, 2.45) is 0 Å². The second-order valence-electron chi connectivity index (χ2n) is 8.45. The van der Waals surface area contributed by atoms with Crippen LogP contribution >= 0.6 is 0 Å². The maximum absolute atomic E-state index is 11.7. The van der Waals surface area contributed by atoms with Crippen molar-refractivity contribution in [2.75, 3.05) is 6.61 Å². The summed E-state index contributed by atoms with van der Waals surface area (Å²) in [6.45, 7) is 4.52. The molecule has 0 aliphatic carbocycles. The second-order valence-corrected chi connectivity index (χ2v) is 9.66. The molecular weight excluding hydrogens is 423 g/mol. The first kappa shape index (κ1) is 33.6. The van der Waals surface area contributed by atoms with Crippen molar-refractivity contribution in [3.8, 4) is 0 Å². The van der Waals surface area contributed by atoms with Crippen LogP contribution in [0.3, 0.4) is 0 Å². The fourth-order valence-electron chi connectivity index (χ4n) is 3.51. The molecule has 0 aromatic rings. The molecule has 0 saturated heterocycles. The molecule has 0 heterocycles. The van der Waals surface area contributed by atoms with Crippen LogP contribution in [0.2, 0.25) is 0 Å². The van der Waals surface area contributed by atoms with Crippen LogP contribution in [0, 0.1) is 0 Å². The Labute approximate surface area is 215 Å². The van der Waals surface area contributed by atoms with Gasteiger partial charge in [-0.15, -0.1) is 0 Å². The Morgan fingerprint density at radius 1 is 0.581 bits per heavy atom. The van der Waals surface area contributed by atoms with Crippen molar-refractivity contribution in [2.45, 2.75) is 142 Å². The van der Waals surface area contributed by atoms with Gasteiger partial charge in [-0.1, -0.05) is 123 Å². The number of rotatable bonds is 23. The SMILES string of the molecule is CCCCCCCCCCCCOS(=O)(=O)OC(=O)CCCCCCCCCCC.[NaH]. The third-order valence-corrected chi connectivity index (χ3v) is 6.25. The van der Waals surface area contributed by atoms with Gasteiger partial charge in [-0.2, -0.15) is 8.42 Å². The first-order chi connectivity index (χ1) is 14.5. The molecule has 0 bridgehead atoms. The van der Waals surface area contributed by atoms with Crippen LogP contribution in [0.25, 0.3) is 0 Å². The van der Waals surface area contributed by atoms with Gasteiger partial charge in [0.15, 0.2) is 0 Å². The summed E-state index contributed by atoms with van der Waals surface area (Å²) in [5.41, 5.74) is 0. The Morgan fingerprint density at radius 3 is 1.35 bits per heavy atom. The number of hydrogen-bond donors (Lipinski definition) is 0. The normalized spacial score (nSPS) is 11.3. The first-order valence-corrected chi connectivity index (χ1v) is 14.0. The van der Waals surface area contributed by atoms with E-state index in [1.54, 1.807) is 0 Å². The van der Waals surface area contributed by atoms with Gasteiger partial charge < -0.3 is 4.18 Å². The summed E-state index contributed by atoms with van der Waals surface area (Å²) in [6.07, 6.45) is 22.1. The topological polar surface area (TPSA) is 69.7 Å². The molecule has 0 spiro atoms. The van der Waals surface area contributed by atoms with E-state index in [9.17, 15) is 13.2 Å². The van der Waals surface area contributed by atoms with E-state index in [2.05, 4.69) is 18.0 Å². The van der Waals surface area contributed by atoms with Crippen LogP contribution in [0.15, 0.2) is 0 Å². The molecule has 0 unspecified atom stereocenters. The number of carbonyl (C=O) groups is 1. The third-order valence-electron chi connectivity index (χ3n) is 5.41. The van der Waals surface area contributed by atoms with Crippen LogP contribution in [0.4, 0.5) is 0 Å². The predicted octanol–water partition coefficient (Wildman–Crippen LogP) is 6.98. The van der Waals surface area contributed by atoms with Crippen LogP contribution in [0.1, 0.15) is 142 Å². The standard InChI is InChI=1S/C24H48O5S.Na.H/c1-3-5-7-9-11-13-15-17-19-21-23-28-30(26,27)29-24(25)22-20-18-16-14-12-10-8-6-4-2;;/h3-23H2,1-2H3;;. The van der Waals surface area contributed by atoms with Gasteiger partial charge in [0.1, 0.15) is 0 Å². The van der Waals surface area contributed by atoms with Crippen molar-refractivity contribution in [3.63, 3.8) is 0 Å². The maximum atomic E-state index is 11.7. The fourth-order valence-corrected chi connectivity index (χ4v) is 4.19. The summed E-state index contributed by atoms with van der Waals surface area (Å²) in [5, 5.41) is 0. The molecule has 0 aliphatic rings. The molecule has 5 nitrogen and oxygen atoms in total. The number of carbonyl (C=O) groups excluding carboxylic acids is 1. The molecular formula is C24H49NaO5S. The van der Waals surface area contributed by atoms with Gasteiger partial charge in [-0.05, 0) is 12.8 Å². The van der Waals surface area contributed by atoms with Gasteiger partial charge in [0.25, 0.3) is 0 Å². The minimum atomic E-state index is -4.20. The van der Waals surface area contributed by atoms with Gasteiger partial charge in [0, 0.05) is 6.42 Å². The van der Waals surface area contributed by atoms with Crippen molar-refractivity contribution in [3.05, 3.63) is 0 Å². The molecule has 31 heavy (non-hydrogen) atoms. The zero-order chi connectivity index (χ0) is 22.3. The molecule has 0 aliphatic heterocycles. The van der Waals surface area contributed by atoms with Gasteiger partial charge in [-0.25, -0.2) is 4.18 Å². The third kappa shape index (κ3) is 26.5. The Bertz CT molecular complexity index is 482. The molecule has 0 rings (SSSR count). The molecule has 0 fully saturated rings. The van der Waals surface area contributed by atoms with E-state index in [0.29, 0.717) is 12.8 Å². The first-order valence-electron chi connectivity index (χ1n) is 12.6. The molecule has 0 amide bonds. The summed E-state index contributed by atoms with van der Waals surface area (Å²) in [4.78, 5) is 11.7. The van der Waals surface area contributed by atoms with E-state index < -0.39 is 16.4 Å². The van der Waals surface area contributed by atoms with Crippen molar-refractivity contribution >= 4 is 45.9 Å². The van der Waals surface area contributed by atoms with E-state index >= 15 is 0 Å². The van der Waals surface area contributed by atoms with Crippen LogP contribution < -0.4 is 0 Å². The van der Waals surface area contributed by atoms with E-state index in [1.807, 2.05) is 0 Å². The Kier molecular flexibility index (Phi) is 27.1. The minimum absolute atomic E-state index is 0. The van der Waals surface area contributed by atoms with Crippen LogP contribution in [-0.4, -0.2) is 50.6 Å². The summed E-state index contributed by atoms with van der Waals surface area (Å²) < 4.78 is 32.7. The Morgan fingerprint density at radius 2 is 0.935 bits per heavy atom. The van der Waals surface area contributed by atoms with Crippen molar-refractivity contribution in [1.82, 2.24) is 0 Å². The molecule has 0 N–H and O–H groups in total. The van der Waals surface area contributed by atoms with Gasteiger partial charge >= 0.3 is 45.9 Å². The van der Waals surface area contributed by atoms with Crippen molar-refractivity contribution in [1.29, 1.82) is 0 Å². The predicted molar refractivity (Wildman–Crippen MR) is 132 cm³/mol. The zero-order valence-corrected chi connectivity index (χ0v) is 20.6. The fraction of sp³-hybridized carbons (Fsp3) is 0.958. The zero-order valence-electron chi connectivity index (χ0n) is 19.8. The number of unbranched alkanes of at least 4 members (excludes halogenated alkanes) is 17. The van der Waals surface area contributed by atoms with Gasteiger partial charge in [0.2, 0.25) is 0 Å². The second kappa shape index (κ2) is 25.0. The summed E-state index contributed by atoms with van der Waals surface area (Å²) in [6, 6.07) is 0. The van der Waals surface area contributed by atoms with Crippen LogP contribution in [-0.2, 0) is 23.6 Å². The average molecular weight is 473 g/mol. The molecule has 0 aromatic carbocycles. The number of hydrogen-bond acceptors (Lipinski definition) is 5. The molecule has 0 radical (unpaired) electrons. The van der Waals surface area contributed by atoms with Gasteiger partial charge in [0.05, 0.1) is 6.61 Å². The Balaban J connectivity index is 0. The summed E-state index contributed by atoms with van der Waals surface area (Å²) >= 11 is 0. The summed E-state index contributed by atoms with van der Waals surface area (Å²) in [5.74, 6) is -0.707. The van der Waals surface area contributed by atoms with E-state index in [-0.39, 0.29) is 42.6 Å². The van der Waals surface area contributed by atoms with Crippen LogP contribution in [0.5, 0.6) is 0 Å². The molecule has 0 saturated carbocycles. The van der Waals surface area contributed by atoms with E-state index in [0.717, 1.165) is 25.7 Å². The average Bonchev–Trinajstić information content (AvgIpc) is 2.70. The van der Waals surface area contributed by atoms with E-state index in [1.165, 1.54) is 83.5 Å². The molecule has 0 aromatic heterocycles. The summed E-state index contributed by atoms with van der Waals surface area (Å²) in [7, 11) is -4.20. The molecule has 0 atom stereocenters. The van der Waals surface area contributed by atoms with Gasteiger partial charge in [-0.3, -0.25) is 4.79 Å². The van der Waals surface area contributed by atoms with Crippen molar-refractivity contribution < 1.29 is 21.6 Å². The monoisotopic (exact) mass is 472 g/mol. The van der Waals surface area contributed by atoms with E-state index in [4.69, 9.17) is 4.18 Å².